The predicted molar refractivity (Wildman–Crippen MR) is 84.6 cm³/mol. The number of hydrogen-bond acceptors (Lipinski definition) is 3. The average Bonchev–Trinajstić information content (AvgIpc) is 3.00. The molecule has 3 rings (SSSR count). The minimum absolute atomic E-state index is 0.0501. The van der Waals surface area contributed by atoms with Crippen LogP contribution in [0, 0.1) is 19.9 Å². The quantitative estimate of drug-likeness (QED) is 0.672. The van der Waals surface area contributed by atoms with Gasteiger partial charge >= 0.3 is 6.18 Å². The van der Waals surface area contributed by atoms with E-state index in [2.05, 4.69) is 37.5 Å². The fraction of sp³-hybridized carbons (Fsp3) is 0.267. The first-order valence-corrected chi connectivity index (χ1v) is 7.76. The van der Waals surface area contributed by atoms with Crippen LogP contribution in [0.15, 0.2) is 28.7 Å². The van der Waals surface area contributed by atoms with Crippen LogP contribution < -0.4 is 0 Å². The molecule has 0 saturated heterocycles. The first-order valence-electron chi connectivity index (χ1n) is 6.97. The molecule has 5 nitrogen and oxygen atoms in total. The summed E-state index contributed by atoms with van der Waals surface area (Å²) in [6, 6.07) is 10.6. The zero-order valence-corrected chi connectivity index (χ0v) is 14.4. The fourth-order valence-electron chi connectivity index (χ4n) is 2.58. The van der Waals surface area contributed by atoms with Crippen LogP contribution in [-0.4, -0.2) is 31.0 Å². The molecule has 2 aromatic heterocycles. The summed E-state index contributed by atoms with van der Waals surface area (Å²) in [5.41, 5.74) is 2.69. The summed E-state index contributed by atoms with van der Waals surface area (Å²) in [4.78, 5) is 0. The minimum Gasteiger partial charge on any atom is -0.310 e. The molecule has 125 valence electrons. The lowest BCUT2D eigenvalue weighted by Crippen LogP contribution is -2.20. The van der Waals surface area contributed by atoms with Crippen molar-refractivity contribution in [2.75, 3.05) is 0 Å². The fourth-order valence-corrected chi connectivity index (χ4v) is 2.97. The van der Waals surface area contributed by atoms with Crippen LogP contribution in [-0.2, 0) is 6.54 Å². The van der Waals surface area contributed by atoms with Crippen molar-refractivity contribution in [3.8, 4) is 17.2 Å². The number of aromatic nitrogens is 5. The molecule has 0 fully saturated rings. The predicted octanol–water partition coefficient (Wildman–Crippen LogP) is 3.87. The Labute approximate surface area is 144 Å². The van der Waals surface area contributed by atoms with Gasteiger partial charge in [-0.3, -0.25) is 0 Å². The molecule has 9 heteroatoms. The molecule has 0 aliphatic heterocycles. The van der Waals surface area contributed by atoms with E-state index < -0.39 is 12.7 Å². The van der Waals surface area contributed by atoms with E-state index in [1.165, 1.54) is 0 Å². The monoisotopic (exact) mass is 398 g/mol. The zero-order chi connectivity index (χ0) is 17.5. The summed E-state index contributed by atoms with van der Waals surface area (Å²) < 4.78 is 41.7. The Kier molecular flexibility index (Phi) is 4.20. The van der Waals surface area contributed by atoms with Gasteiger partial charge in [0.05, 0.1) is 5.69 Å². The Bertz CT molecular complexity index is 882. The van der Waals surface area contributed by atoms with Crippen LogP contribution in [0.5, 0.6) is 0 Å². The van der Waals surface area contributed by atoms with Gasteiger partial charge in [0.15, 0.2) is 5.82 Å². The lowest BCUT2D eigenvalue weighted by Gasteiger charge is -2.13. The Morgan fingerprint density at radius 1 is 1.25 bits per heavy atom. The van der Waals surface area contributed by atoms with Crippen molar-refractivity contribution in [2.24, 2.45) is 0 Å². The molecule has 0 spiro atoms. The summed E-state index contributed by atoms with van der Waals surface area (Å²) in [6.07, 6.45) is -4.41. The third-order valence-corrected chi connectivity index (χ3v) is 3.92. The van der Waals surface area contributed by atoms with E-state index in [1.54, 1.807) is 11.5 Å². The van der Waals surface area contributed by atoms with Crippen LogP contribution in [0.3, 0.4) is 0 Å². The molecule has 3 aromatic rings. The summed E-state index contributed by atoms with van der Waals surface area (Å²) in [7, 11) is 0. The number of benzene rings is 1. The van der Waals surface area contributed by atoms with Gasteiger partial charge in [-0.05, 0) is 48.0 Å². The zero-order valence-electron chi connectivity index (χ0n) is 12.8. The first kappa shape index (κ1) is 16.7. The largest absolute Gasteiger partial charge is 0.408 e. The number of tetrazole rings is 1. The molecular weight excluding hydrogens is 387 g/mol. The third kappa shape index (κ3) is 3.21. The van der Waals surface area contributed by atoms with Gasteiger partial charge in [0.1, 0.15) is 6.54 Å². The van der Waals surface area contributed by atoms with Crippen molar-refractivity contribution in [3.63, 3.8) is 0 Å². The average molecular weight is 399 g/mol. The minimum atomic E-state index is -4.41. The molecule has 2 heterocycles. The first-order chi connectivity index (χ1) is 11.3. The van der Waals surface area contributed by atoms with Gasteiger partial charge in [-0.15, -0.1) is 5.10 Å². The molecule has 0 atom stereocenters. The topological polar surface area (TPSA) is 48.5 Å². The van der Waals surface area contributed by atoms with Gasteiger partial charge in [0.2, 0.25) is 0 Å². The molecule has 0 amide bonds. The molecule has 1 radical (unpaired) electrons. The lowest BCUT2D eigenvalue weighted by molar-refractivity contribution is -0.142. The normalized spacial score (nSPS) is 11.9. The van der Waals surface area contributed by atoms with Gasteiger partial charge in [-0.2, -0.15) is 13.2 Å². The van der Waals surface area contributed by atoms with Gasteiger partial charge in [0.25, 0.3) is 0 Å². The summed E-state index contributed by atoms with van der Waals surface area (Å²) in [5, 5.41) is 10.7. The van der Waals surface area contributed by atoms with Gasteiger partial charge in [0, 0.05) is 21.9 Å². The SMILES string of the molecule is Cc1[c]c(C)n(-c2cccc(Br)c2)c1-c1nnnn1CC(F)(F)F. The lowest BCUT2D eigenvalue weighted by atomic mass is 10.2. The Morgan fingerprint density at radius 3 is 2.67 bits per heavy atom. The summed E-state index contributed by atoms with van der Waals surface area (Å²) in [5.74, 6) is 0.0501. The second-order valence-electron chi connectivity index (χ2n) is 5.27. The van der Waals surface area contributed by atoms with Crippen LogP contribution in [0.2, 0.25) is 0 Å². The Morgan fingerprint density at radius 2 is 2.00 bits per heavy atom. The standard InChI is InChI=1S/C15H12BrF3N5/c1-9-6-10(2)24(12-5-3-4-11(16)7-12)13(9)14-20-21-22-23(14)8-15(17,18)19/h3-5,7H,8H2,1-2H3. The molecule has 0 unspecified atom stereocenters. The van der Waals surface area contributed by atoms with E-state index in [0.717, 1.165) is 20.5 Å². The molecule has 0 saturated carbocycles. The van der Waals surface area contributed by atoms with Crippen molar-refractivity contribution in [1.29, 1.82) is 0 Å². The van der Waals surface area contributed by atoms with Crippen molar-refractivity contribution in [1.82, 2.24) is 24.8 Å². The maximum atomic E-state index is 12.8. The molecule has 24 heavy (non-hydrogen) atoms. The van der Waals surface area contributed by atoms with Crippen LogP contribution >= 0.6 is 15.9 Å². The highest BCUT2D eigenvalue weighted by Gasteiger charge is 2.31. The highest BCUT2D eigenvalue weighted by molar-refractivity contribution is 9.10. The van der Waals surface area contributed by atoms with Crippen molar-refractivity contribution >= 4 is 15.9 Å². The Balaban J connectivity index is 2.19. The van der Waals surface area contributed by atoms with Gasteiger partial charge < -0.3 is 4.57 Å². The highest BCUT2D eigenvalue weighted by Crippen LogP contribution is 2.30. The van der Waals surface area contributed by atoms with Crippen molar-refractivity contribution < 1.29 is 13.2 Å². The number of alkyl halides is 3. The summed E-state index contributed by atoms with van der Waals surface area (Å²) in [6.45, 7) is 2.34. The number of hydrogen-bond donors (Lipinski definition) is 0. The van der Waals surface area contributed by atoms with E-state index in [4.69, 9.17) is 0 Å². The molecule has 0 N–H and O–H groups in total. The molecule has 0 bridgehead atoms. The second-order valence-corrected chi connectivity index (χ2v) is 6.19. The van der Waals surface area contributed by atoms with Crippen LogP contribution in [0.4, 0.5) is 13.2 Å². The number of rotatable bonds is 3. The molecule has 1 aromatic carbocycles. The van der Waals surface area contributed by atoms with E-state index in [-0.39, 0.29) is 5.82 Å². The second kappa shape index (κ2) is 6.04. The number of nitrogens with zero attached hydrogens (tertiary/aromatic N) is 5. The van der Waals surface area contributed by atoms with Crippen LogP contribution in [0.25, 0.3) is 17.2 Å². The number of aryl methyl sites for hydroxylation is 2. The van der Waals surface area contributed by atoms with Gasteiger partial charge in [-0.1, -0.05) is 22.0 Å². The van der Waals surface area contributed by atoms with Crippen molar-refractivity contribution in [3.05, 3.63) is 46.1 Å². The molecule has 0 aliphatic carbocycles. The van der Waals surface area contributed by atoms with E-state index in [0.29, 0.717) is 11.3 Å². The maximum Gasteiger partial charge on any atom is 0.408 e. The Hall–Kier alpha value is -2.16. The number of halogens is 4. The third-order valence-electron chi connectivity index (χ3n) is 3.42. The van der Waals surface area contributed by atoms with Crippen molar-refractivity contribution in [2.45, 2.75) is 26.6 Å². The van der Waals surface area contributed by atoms with Crippen LogP contribution in [0.1, 0.15) is 11.3 Å². The summed E-state index contributed by atoms with van der Waals surface area (Å²) >= 11 is 3.40. The van der Waals surface area contributed by atoms with Gasteiger partial charge in [-0.25, -0.2) is 4.68 Å². The molecule has 0 aliphatic rings. The maximum absolute atomic E-state index is 12.8. The van der Waals surface area contributed by atoms with E-state index >= 15 is 0 Å². The van der Waals surface area contributed by atoms with E-state index in [1.807, 2.05) is 31.2 Å². The molecular formula is C15H12BrF3N5. The highest BCUT2D eigenvalue weighted by atomic mass is 79.9. The van der Waals surface area contributed by atoms with E-state index in [9.17, 15) is 13.2 Å². The smallest absolute Gasteiger partial charge is 0.310 e.